The number of aryl methyl sites for hydroxylation is 1. The van der Waals surface area contributed by atoms with Gasteiger partial charge >= 0.3 is 0 Å². The second-order valence-corrected chi connectivity index (χ2v) is 4.74. The van der Waals surface area contributed by atoms with E-state index in [0.29, 0.717) is 0 Å². The van der Waals surface area contributed by atoms with Crippen molar-refractivity contribution in [2.45, 2.75) is 24.8 Å². The minimum Gasteiger partial charge on any atom is -0.250 e. The molecule has 0 fully saturated rings. The summed E-state index contributed by atoms with van der Waals surface area (Å²) in [5.41, 5.74) is 0.985. The van der Waals surface area contributed by atoms with E-state index >= 15 is 0 Å². The summed E-state index contributed by atoms with van der Waals surface area (Å²) in [7, 11) is -3.73. The Morgan fingerprint density at radius 1 is 1.33 bits per heavy atom. The number of hydrogen-bond acceptors (Lipinski definition) is 3. The van der Waals surface area contributed by atoms with Crippen molar-refractivity contribution in [2.75, 3.05) is 0 Å². The van der Waals surface area contributed by atoms with Crippen LogP contribution in [-0.2, 0) is 14.3 Å². The first kappa shape index (κ1) is 11.8. The molecule has 0 saturated carbocycles. The zero-order valence-corrected chi connectivity index (χ0v) is 9.41. The molecule has 1 rings (SSSR count). The van der Waals surface area contributed by atoms with Gasteiger partial charge in [-0.3, -0.25) is 4.18 Å². The lowest BCUT2D eigenvalue weighted by molar-refractivity contribution is 0.283. The van der Waals surface area contributed by atoms with Gasteiger partial charge in [0, 0.05) is 0 Å². The van der Waals surface area contributed by atoms with Gasteiger partial charge in [-0.2, -0.15) is 8.42 Å². The first-order valence-corrected chi connectivity index (χ1v) is 5.82. The zero-order chi connectivity index (χ0) is 11.5. The highest BCUT2D eigenvalue weighted by Gasteiger charge is 2.17. The van der Waals surface area contributed by atoms with Crippen LogP contribution in [0.4, 0.5) is 0 Å². The molecule has 0 radical (unpaired) electrons. The van der Waals surface area contributed by atoms with Crippen LogP contribution in [0.2, 0.25) is 0 Å². The van der Waals surface area contributed by atoms with Gasteiger partial charge in [0.05, 0.1) is 4.90 Å². The van der Waals surface area contributed by atoms with Crippen molar-refractivity contribution in [3.63, 3.8) is 0 Å². The Hall–Kier alpha value is -1.31. The maximum absolute atomic E-state index is 11.6. The van der Waals surface area contributed by atoms with Gasteiger partial charge in [0.15, 0.2) is 0 Å². The quantitative estimate of drug-likeness (QED) is 0.580. The van der Waals surface area contributed by atoms with Crippen molar-refractivity contribution in [3.05, 3.63) is 29.8 Å². The predicted octanol–water partition coefficient (Wildman–Crippen LogP) is 1.72. The average molecular weight is 224 g/mol. The smallest absolute Gasteiger partial charge is 0.250 e. The number of rotatable bonds is 3. The van der Waals surface area contributed by atoms with Crippen LogP contribution in [0.25, 0.3) is 0 Å². The van der Waals surface area contributed by atoms with E-state index in [4.69, 9.17) is 10.6 Å². The van der Waals surface area contributed by atoms with Crippen LogP contribution < -0.4 is 0 Å². The molecule has 80 valence electrons. The molecule has 0 aromatic heterocycles. The van der Waals surface area contributed by atoms with Crippen LogP contribution in [0.1, 0.15) is 12.5 Å². The highest BCUT2D eigenvalue weighted by atomic mass is 32.2. The summed E-state index contributed by atoms with van der Waals surface area (Å²) < 4.78 is 27.9. The minimum atomic E-state index is -3.73. The van der Waals surface area contributed by atoms with E-state index in [9.17, 15) is 8.42 Å². The second-order valence-electron chi connectivity index (χ2n) is 3.17. The monoisotopic (exact) mass is 224 g/mol. The summed E-state index contributed by atoms with van der Waals surface area (Å²) >= 11 is 0. The van der Waals surface area contributed by atoms with Crippen molar-refractivity contribution < 1.29 is 12.6 Å². The maximum atomic E-state index is 11.6. The molecule has 15 heavy (non-hydrogen) atoms. The largest absolute Gasteiger partial charge is 0.298 e. The lowest BCUT2D eigenvalue weighted by Crippen LogP contribution is -2.13. The molecule has 0 heterocycles. The van der Waals surface area contributed by atoms with Crippen LogP contribution >= 0.6 is 0 Å². The van der Waals surface area contributed by atoms with Gasteiger partial charge in [-0.25, -0.2) is 0 Å². The van der Waals surface area contributed by atoms with Gasteiger partial charge in [0.25, 0.3) is 10.1 Å². The molecule has 0 saturated heterocycles. The highest BCUT2D eigenvalue weighted by molar-refractivity contribution is 7.86. The lowest BCUT2D eigenvalue weighted by Gasteiger charge is -2.07. The molecule has 1 aromatic rings. The molecule has 0 amide bonds. The summed E-state index contributed by atoms with van der Waals surface area (Å²) in [4.78, 5) is 0.121. The molecular formula is C11H12O3S. The summed E-state index contributed by atoms with van der Waals surface area (Å²) in [6.07, 6.45) is 4.29. The SMILES string of the molecule is C#C[C@@H](C)OS(=O)(=O)c1ccc(C)cc1. The summed E-state index contributed by atoms with van der Waals surface area (Å²) in [5.74, 6) is 2.20. The Kier molecular flexibility index (Phi) is 3.51. The van der Waals surface area contributed by atoms with E-state index in [2.05, 4.69) is 5.92 Å². The lowest BCUT2D eigenvalue weighted by atomic mass is 10.2. The van der Waals surface area contributed by atoms with E-state index < -0.39 is 16.2 Å². The summed E-state index contributed by atoms with van der Waals surface area (Å²) in [5, 5.41) is 0. The second kappa shape index (κ2) is 4.47. The van der Waals surface area contributed by atoms with Gasteiger partial charge in [0.2, 0.25) is 0 Å². The number of benzene rings is 1. The fraction of sp³-hybridized carbons (Fsp3) is 0.273. The normalized spacial score (nSPS) is 13.1. The Morgan fingerprint density at radius 3 is 2.33 bits per heavy atom. The van der Waals surface area contributed by atoms with E-state index in [1.807, 2.05) is 6.92 Å². The van der Waals surface area contributed by atoms with E-state index in [0.717, 1.165) is 5.56 Å². The fourth-order valence-corrected chi connectivity index (χ4v) is 1.99. The van der Waals surface area contributed by atoms with Gasteiger partial charge in [-0.15, -0.1) is 6.42 Å². The Labute approximate surface area is 90.2 Å². The molecular weight excluding hydrogens is 212 g/mol. The van der Waals surface area contributed by atoms with Crippen LogP contribution in [0.15, 0.2) is 29.2 Å². The third kappa shape index (κ3) is 3.08. The summed E-state index contributed by atoms with van der Waals surface area (Å²) in [6.45, 7) is 3.38. The van der Waals surface area contributed by atoms with Gasteiger partial charge in [0.1, 0.15) is 6.10 Å². The van der Waals surface area contributed by atoms with Gasteiger partial charge < -0.3 is 0 Å². The van der Waals surface area contributed by atoms with Crippen molar-refractivity contribution in [1.29, 1.82) is 0 Å². The van der Waals surface area contributed by atoms with Crippen molar-refractivity contribution in [1.82, 2.24) is 0 Å². The van der Waals surface area contributed by atoms with Gasteiger partial charge in [-0.05, 0) is 26.0 Å². The van der Waals surface area contributed by atoms with E-state index in [1.165, 1.54) is 19.1 Å². The first-order valence-electron chi connectivity index (χ1n) is 4.42. The van der Waals surface area contributed by atoms with Crippen LogP contribution in [0.5, 0.6) is 0 Å². The molecule has 4 heteroatoms. The van der Waals surface area contributed by atoms with E-state index in [-0.39, 0.29) is 4.90 Å². The standard InChI is InChI=1S/C11H12O3S/c1-4-10(3)14-15(12,13)11-7-5-9(2)6-8-11/h1,5-8,10H,2-3H3/t10-/m1/s1. The topological polar surface area (TPSA) is 43.4 Å². The molecule has 0 N–H and O–H groups in total. The Balaban J connectivity index is 2.98. The average Bonchev–Trinajstić information content (AvgIpc) is 2.17. The highest BCUT2D eigenvalue weighted by Crippen LogP contribution is 2.14. The van der Waals surface area contributed by atoms with Crippen LogP contribution in [-0.4, -0.2) is 14.5 Å². The van der Waals surface area contributed by atoms with Gasteiger partial charge in [-0.1, -0.05) is 23.6 Å². The van der Waals surface area contributed by atoms with Crippen LogP contribution in [0.3, 0.4) is 0 Å². The molecule has 0 spiro atoms. The Morgan fingerprint density at radius 2 is 1.87 bits per heavy atom. The van der Waals surface area contributed by atoms with Crippen molar-refractivity contribution >= 4 is 10.1 Å². The predicted molar refractivity (Wildman–Crippen MR) is 57.7 cm³/mol. The third-order valence-electron chi connectivity index (χ3n) is 1.82. The Bertz CT molecular complexity index is 466. The third-order valence-corrected chi connectivity index (χ3v) is 3.21. The molecule has 0 bridgehead atoms. The number of terminal acetylenes is 1. The number of hydrogen-bond donors (Lipinski definition) is 0. The van der Waals surface area contributed by atoms with Crippen molar-refractivity contribution in [2.24, 2.45) is 0 Å². The van der Waals surface area contributed by atoms with Crippen molar-refractivity contribution in [3.8, 4) is 12.3 Å². The molecule has 3 nitrogen and oxygen atoms in total. The molecule has 0 aliphatic heterocycles. The van der Waals surface area contributed by atoms with E-state index in [1.54, 1.807) is 12.1 Å². The molecule has 1 aromatic carbocycles. The maximum Gasteiger partial charge on any atom is 0.298 e. The minimum absolute atomic E-state index is 0.121. The summed E-state index contributed by atoms with van der Waals surface area (Å²) in [6, 6.07) is 6.40. The molecule has 1 atom stereocenters. The first-order chi connectivity index (χ1) is 6.95. The molecule has 0 aliphatic rings. The zero-order valence-electron chi connectivity index (χ0n) is 8.60. The fourth-order valence-electron chi connectivity index (χ4n) is 0.978. The molecule has 0 unspecified atom stereocenters. The molecule has 0 aliphatic carbocycles. The van der Waals surface area contributed by atoms with Crippen LogP contribution in [0, 0.1) is 19.3 Å².